The van der Waals surface area contributed by atoms with Crippen LogP contribution in [0.4, 0.5) is 0 Å². The maximum Gasteiger partial charge on any atom is 0.330 e. The standard InChI is InChI=1S/C14H16O4/c15-12-1-2-14(3-4-17-13(14)16)10-6-9-5-8(10)7-11(9)18-12/h1-2,8-11H,3-7H2/b2-1-. The number of carbonyl (C=O) groups excluding carboxylic acids is 2. The largest absolute Gasteiger partial charge is 0.465 e. The van der Waals surface area contributed by atoms with Gasteiger partial charge >= 0.3 is 11.9 Å². The molecule has 3 fully saturated rings. The SMILES string of the molecule is O=C1/C=C\C2(CCOC2=O)C2CC3CC2CC3O1. The molecule has 5 unspecified atom stereocenters. The van der Waals surface area contributed by atoms with Crippen LogP contribution in [0.5, 0.6) is 0 Å². The molecule has 2 saturated carbocycles. The number of hydrogen-bond acceptors (Lipinski definition) is 4. The molecule has 18 heavy (non-hydrogen) atoms. The molecule has 0 aromatic heterocycles. The summed E-state index contributed by atoms with van der Waals surface area (Å²) in [7, 11) is 0. The first-order chi connectivity index (χ1) is 8.69. The van der Waals surface area contributed by atoms with Crippen LogP contribution in [0.3, 0.4) is 0 Å². The minimum atomic E-state index is -0.548. The first kappa shape index (κ1) is 10.6. The summed E-state index contributed by atoms with van der Waals surface area (Å²) < 4.78 is 10.7. The van der Waals surface area contributed by atoms with Crippen molar-refractivity contribution < 1.29 is 19.1 Å². The van der Waals surface area contributed by atoms with Crippen LogP contribution in [0.2, 0.25) is 0 Å². The summed E-state index contributed by atoms with van der Waals surface area (Å²) in [5.41, 5.74) is -0.548. The highest BCUT2D eigenvalue weighted by Crippen LogP contribution is 2.59. The van der Waals surface area contributed by atoms with E-state index in [-0.39, 0.29) is 18.0 Å². The number of cyclic esters (lactones) is 1. The van der Waals surface area contributed by atoms with Crippen molar-refractivity contribution in [2.45, 2.75) is 31.8 Å². The van der Waals surface area contributed by atoms with Crippen molar-refractivity contribution in [2.75, 3.05) is 6.61 Å². The molecule has 4 heteroatoms. The molecule has 0 aromatic carbocycles. The van der Waals surface area contributed by atoms with Crippen molar-refractivity contribution in [3.63, 3.8) is 0 Å². The first-order valence-corrected chi connectivity index (χ1v) is 6.76. The van der Waals surface area contributed by atoms with E-state index in [0.29, 0.717) is 30.8 Å². The molecule has 4 nitrogen and oxygen atoms in total. The molecule has 0 radical (unpaired) electrons. The Bertz CT molecular complexity index is 455. The summed E-state index contributed by atoms with van der Waals surface area (Å²) in [5, 5.41) is 0. The summed E-state index contributed by atoms with van der Waals surface area (Å²) in [6.07, 6.45) is 7.05. The third-order valence-corrected chi connectivity index (χ3v) is 5.37. The van der Waals surface area contributed by atoms with Crippen molar-refractivity contribution in [2.24, 2.45) is 23.2 Å². The molecule has 0 amide bonds. The zero-order chi connectivity index (χ0) is 12.3. The summed E-state index contributed by atoms with van der Waals surface area (Å²) in [6, 6.07) is 0. The van der Waals surface area contributed by atoms with Gasteiger partial charge in [0.2, 0.25) is 0 Å². The highest BCUT2D eigenvalue weighted by molar-refractivity contribution is 5.87. The van der Waals surface area contributed by atoms with Crippen molar-refractivity contribution in [3.8, 4) is 0 Å². The average Bonchev–Trinajstić information content (AvgIpc) is 3.01. The van der Waals surface area contributed by atoms with Gasteiger partial charge < -0.3 is 9.47 Å². The summed E-state index contributed by atoms with van der Waals surface area (Å²) in [6.45, 7) is 0.482. The second-order valence-electron chi connectivity index (χ2n) is 6.07. The molecule has 2 aliphatic carbocycles. The topological polar surface area (TPSA) is 52.6 Å². The molecular weight excluding hydrogens is 232 g/mol. The Labute approximate surface area is 105 Å². The molecule has 0 aromatic rings. The average molecular weight is 248 g/mol. The number of hydrogen-bond donors (Lipinski definition) is 0. The van der Waals surface area contributed by atoms with Gasteiger partial charge in [-0.05, 0) is 37.0 Å². The number of esters is 2. The van der Waals surface area contributed by atoms with Crippen LogP contribution >= 0.6 is 0 Å². The van der Waals surface area contributed by atoms with Crippen molar-refractivity contribution in [1.29, 1.82) is 0 Å². The molecule has 3 aliphatic heterocycles. The summed E-state index contributed by atoms with van der Waals surface area (Å²) in [4.78, 5) is 23.9. The first-order valence-electron chi connectivity index (χ1n) is 6.76. The van der Waals surface area contributed by atoms with Crippen LogP contribution in [0.15, 0.2) is 12.2 Å². The molecule has 1 saturated heterocycles. The van der Waals surface area contributed by atoms with Crippen LogP contribution < -0.4 is 0 Å². The van der Waals surface area contributed by atoms with Gasteiger partial charge in [0.15, 0.2) is 0 Å². The third kappa shape index (κ3) is 1.21. The number of carbonyl (C=O) groups is 2. The fourth-order valence-corrected chi connectivity index (χ4v) is 4.56. The van der Waals surface area contributed by atoms with Gasteiger partial charge in [-0.25, -0.2) is 4.79 Å². The molecule has 5 atom stereocenters. The van der Waals surface area contributed by atoms with E-state index in [0.717, 1.165) is 19.3 Å². The van der Waals surface area contributed by atoms with E-state index in [1.54, 1.807) is 6.08 Å². The highest BCUT2D eigenvalue weighted by atomic mass is 16.5. The monoisotopic (exact) mass is 248 g/mol. The highest BCUT2D eigenvalue weighted by Gasteiger charge is 2.59. The van der Waals surface area contributed by atoms with Crippen molar-refractivity contribution in [1.82, 2.24) is 0 Å². The second-order valence-corrected chi connectivity index (χ2v) is 6.07. The van der Waals surface area contributed by atoms with E-state index in [4.69, 9.17) is 9.47 Å². The zero-order valence-electron chi connectivity index (χ0n) is 10.1. The van der Waals surface area contributed by atoms with E-state index in [9.17, 15) is 9.59 Å². The molecule has 96 valence electrons. The number of fused-ring (bicyclic) bond motifs is 2. The van der Waals surface area contributed by atoms with Crippen LogP contribution in [0.1, 0.15) is 25.7 Å². The van der Waals surface area contributed by atoms with E-state index in [2.05, 4.69) is 0 Å². The summed E-state index contributed by atoms with van der Waals surface area (Å²) in [5.74, 6) is 0.879. The summed E-state index contributed by atoms with van der Waals surface area (Å²) >= 11 is 0. The smallest absolute Gasteiger partial charge is 0.330 e. The number of ether oxygens (including phenoxy) is 2. The molecule has 3 heterocycles. The molecule has 5 rings (SSSR count). The van der Waals surface area contributed by atoms with E-state index < -0.39 is 5.41 Å². The fourth-order valence-electron chi connectivity index (χ4n) is 4.56. The fraction of sp³-hybridized carbons (Fsp3) is 0.714. The molecule has 1 spiro atoms. The quantitative estimate of drug-likeness (QED) is 0.609. The lowest BCUT2D eigenvalue weighted by Crippen LogP contribution is -2.38. The maximum atomic E-state index is 12.2. The molecular formula is C14H16O4. The normalized spacial score (nSPS) is 50.9. The minimum Gasteiger partial charge on any atom is -0.465 e. The molecule has 0 N–H and O–H groups in total. The van der Waals surface area contributed by atoms with Crippen molar-refractivity contribution in [3.05, 3.63) is 12.2 Å². The van der Waals surface area contributed by atoms with Gasteiger partial charge in [0.25, 0.3) is 0 Å². The maximum absolute atomic E-state index is 12.2. The van der Waals surface area contributed by atoms with Gasteiger partial charge in [0.1, 0.15) is 6.10 Å². The van der Waals surface area contributed by atoms with Gasteiger partial charge in [0.05, 0.1) is 12.0 Å². The lowest BCUT2D eigenvalue weighted by Gasteiger charge is -2.35. The van der Waals surface area contributed by atoms with Gasteiger partial charge in [-0.15, -0.1) is 0 Å². The second kappa shape index (κ2) is 3.37. The molecule has 5 aliphatic rings. The Kier molecular flexibility index (Phi) is 1.98. The predicted octanol–water partition coefficient (Wildman–Crippen LogP) is 1.45. The Morgan fingerprint density at radius 2 is 2.06 bits per heavy atom. The van der Waals surface area contributed by atoms with Crippen LogP contribution in [-0.4, -0.2) is 24.6 Å². The van der Waals surface area contributed by atoms with E-state index >= 15 is 0 Å². The third-order valence-electron chi connectivity index (χ3n) is 5.37. The van der Waals surface area contributed by atoms with Gasteiger partial charge in [0, 0.05) is 12.5 Å². The van der Waals surface area contributed by atoms with Gasteiger partial charge in [-0.3, -0.25) is 4.79 Å². The zero-order valence-corrected chi connectivity index (χ0v) is 10.1. The predicted molar refractivity (Wildman–Crippen MR) is 61.4 cm³/mol. The van der Waals surface area contributed by atoms with Crippen LogP contribution in [0, 0.1) is 23.2 Å². The van der Waals surface area contributed by atoms with Gasteiger partial charge in [-0.1, -0.05) is 6.08 Å². The van der Waals surface area contributed by atoms with E-state index in [1.165, 1.54) is 6.08 Å². The van der Waals surface area contributed by atoms with Crippen molar-refractivity contribution >= 4 is 11.9 Å². The lowest BCUT2D eigenvalue weighted by atomic mass is 9.67. The van der Waals surface area contributed by atoms with Crippen LogP contribution in [-0.2, 0) is 19.1 Å². The van der Waals surface area contributed by atoms with Gasteiger partial charge in [-0.2, -0.15) is 0 Å². The Morgan fingerprint density at radius 1 is 1.17 bits per heavy atom. The lowest BCUT2D eigenvalue weighted by molar-refractivity contribution is -0.149. The Hall–Kier alpha value is -1.32. The van der Waals surface area contributed by atoms with E-state index in [1.807, 2.05) is 0 Å². The molecule has 4 bridgehead atoms. The number of rotatable bonds is 0. The Balaban J connectivity index is 1.81. The Morgan fingerprint density at radius 3 is 2.72 bits per heavy atom. The van der Waals surface area contributed by atoms with Crippen LogP contribution in [0.25, 0.3) is 0 Å². The minimum absolute atomic E-state index is 0.0796.